The maximum absolute atomic E-state index is 13.2. The van der Waals surface area contributed by atoms with Crippen molar-refractivity contribution in [2.45, 2.75) is 37.6 Å². The van der Waals surface area contributed by atoms with Gasteiger partial charge in [-0.05, 0) is 49.6 Å². The van der Waals surface area contributed by atoms with Crippen LogP contribution in [0.3, 0.4) is 0 Å². The van der Waals surface area contributed by atoms with Crippen molar-refractivity contribution in [2.75, 3.05) is 18.0 Å². The molecular weight excluding hydrogens is 364 g/mol. The van der Waals surface area contributed by atoms with E-state index in [4.69, 9.17) is 4.74 Å². The van der Waals surface area contributed by atoms with E-state index in [2.05, 4.69) is 5.32 Å². The van der Waals surface area contributed by atoms with Crippen molar-refractivity contribution in [3.8, 4) is 5.75 Å². The maximum atomic E-state index is 13.2. The van der Waals surface area contributed by atoms with Gasteiger partial charge < -0.3 is 10.1 Å². The van der Waals surface area contributed by atoms with Gasteiger partial charge in [-0.2, -0.15) is 0 Å². The number of hydrogen-bond acceptors (Lipinski definition) is 4. The number of amides is 1. The summed E-state index contributed by atoms with van der Waals surface area (Å²) in [6.45, 7) is 4.25. The summed E-state index contributed by atoms with van der Waals surface area (Å²) in [5.74, 6) is -0.00310. The zero-order valence-electron chi connectivity index (χ0n) is 15.7. The molecule has 1 N–H and O–H groups in total. The van der Waals surface area contributed by atoms with Crippen LogP contribution in [0.5, 0.6) is 5.75 Å². The van der Waals surface area contributed by atoms with Crippen LogP contribution in [0.25, 0.3) is 0 Å². The van der Waals surface area contributed by atoms with Gasteiger partial charge in [0.05, 0.1) is 23.3 Å². The van der Waals surface area contributed by atoms with Gasteiger partial charge in [0.25, 0.3) is 15.9 Å². The van der Waals surface area contributed by atoms with Gasteiger partial charge in [-0.15, -0.1) is 0 Å². The Morgan fingerprint density at radius 2 is 2.00 bits per heavy atom. The minimum absolute atomic E-state index is 0.0204. The van der Waals surface area contributed by atoms with E-state index in [1.807, 2.05) is 32.0 Å². The second-order valence-electron chi connectivity index (χ2n) is 6.60. The van der Waals surface area contributed by atoms with Gasteiger partial charge in [0.1, 0.15) is 5.75 Å². The van der Waals surface area contributed by atoms with E-state index < -0.39 is 10.0 Å². The van der Waals surface area contributed by atoms with Gasteiger partial charge in [-0.25, -0.2) is 8.42 Å². The third-order valence-electron chi connectivity index (χ3n) is 4.84. The normalized spacial score (nSPS) is 14.6. The first-order valence-corrected chi connectivity index (χ1v) is 10.4. The molecule has 0 aliphatic carbocycles. The lowest BCUT2D eigenvalue weighted by molar-refractivity contribution is 0.0936. The summed E-state index contributed by atoms with van der Waals surface area (Å²) in [6, 6.07) is 11.9. The van der Waals surface area contributed by atoms with Crippen LogP contribution in [0, 0.1) is 0 Å². The molecular formula is C20H24N2O4S. The number of rotatable bonds is 6. The minimum atomic E-state index is -3.77. The molecule has 1 aliphatic heterocycles. The molecule has 1 atom stereocenters. The van der Waals surface area contributed by atoms with Crippen LogP contribution < -0.4 is 14.4 Å². The van der Waals surface area contributed by atoms with Crippen molar-refractivity contribution < 1.29 is 17.9 Å². The van der Waals surface area contributed by atoms with E-state index >= 15 is 0 Å². The Morgan fingerprint density at radius 1 is 1.26 bits per heavy atom. The molecule has 6 nitrogen and oxygen atoms in total. The minimum Gasteiger partial charge on any atom is -0.496 e. The third kappa shape index (κ3) is 3.64. The Hall–Kier alpha value is -2.54. The largest absolute Gasteiger partial charge is 0.496 e. The Bertz CT molecular complexity index is 956. The average Bonchev–Trinajstić information content (AvgIpc) is 3.12. The molecule has 0 bridgehead atoms. The summed E-state index contributed by atoms with van der Waals surface area (Å²) >= 11 is 0. The van der Waals surface area contributed by atoms with Crippen LogP contribution in [0.1, 0.15) is 36.2 Å². The number of sulfonamides is 1. The lowest BCUT2D eigenvalue weighted by Gasteiger charge is -2.21. The van der Waals surface area contributed by atoms with E-state index in [0.717, 1.165) is 12.0 Å². The van der Waals surface area contributed by atoms with Gasteiger partial charge in [0, 0.05) is 12.6 Å². The summed E-state index contributed by atoms with van der Waals surface area (Å²) in [5.41, 5.74) is 1.91. The highest BCUT2D eigenvalue weighted by Gasteiger charge is 2.31. The first kappa shape index (κ1) is 19.2. The number of methoxy groups -OCH3 is 1. The van der Waals surface area contributed by atoms with Crippen molar-refractivity contribution in [3.63, 3.8) is 0 Å². The molecule has 1 aliphatic rings. The lowest BCUT2D eigenvalue weighted by atomic mass is 10.1. The zero-order valence-corrected chi connectivity index (χ0v) is 16.5. The highest BCUT2D eigenvalue weighted by molar-refractivity contribution is 7.92. The van der Waals surface area contributed by atoms with E-state index in [-0.39, 0.29) is 22.4 Å². The van der Waals surface area contributed by atoms with Crippen molar-refractivity contribution in [3.05, 3.63) is 53.6 Å². The molecule has 1 heterocycles. The number of benzene rings is 2. The summed E-state index contributed by atoms with van der Waals surface area (Å²) in [5, 5.41) is 2.86. The average molecular weight is 388 g/mol. The number of para-hydroxylation sites is 1. The van der Waals surface area contributed by atoms with Crippen LogP contribution >= 0.6 is 0 Å². The van der Waals surface area contributed by atoms with Crippen LogP contribution in [-0.2, 0) is 16.4 Å². The fraction of sp³-hybridized carbons (Fsp3) is 0.350. The molecule has 0 fully saturated rings. The summed E-state index contributed by atoms with van der Waals surface area (Å²) in [6.07, 6.45) is 1.45. The van der Waals surface area contributed by atoms with Crippen molar-refractivity contribution in [2.24, 2.45) is 0 Å². The van der Waals surface area contributed by atoms with E-state index in [0.29, 0.717) is 24.4 Å². The third-order valence-corrected chi connectivity index (χ3v) is 6.65. The SMILES string of the molecule is CCC(C)NC(=O)c1cc(S(=O)(=O)N2CCc3ccccc32)ccc1OC. The second kappa shape index (κ2) is 7.60. The first-order chi connectivity index (χ1) is 12.9. The number of nitrogens with one attached hydrogen (secondary N) is 1. The Labute approximate surface area is 160 Å². The predicted octanol–water partition coefficient (Wildman–Crippen LogP) is 2.97. The van der Waals surface area contributed by atoms with Crippen LogP contribution in [-0.4, -0.2) is 34.0 Å². The Balaban J connectivity index is 2.00. The van der Waals surface area contributed by atoms with Gasteiger partial charge in [-0.1, -0.05) is 25.1 Å². The lowest BCUT2D eigenvalue weighted by Crippen LogP contribution is -2.33. The van der Waals surface area contributed by atoms with Gasteiger partial charge in [0.15, 0.2) is 0 Å². The number of fused-ring (bicyclic) bond motifs is 1. The number of nitrogens with zero attached hydrogens (tertiary/aromatic N) is 1. The first-order valence-electron chi connectivity index (χ1n) is 8.98. The topological polar surface area (TPSA) is 75.7 Å². The molecule has 0 spiro atoms. The standard InChI is InChI=1S/C20H24N2O4S/c1-4-14(2)21-20(23)17-13-16(9-10-19(17)26-3)27(24,25)22-12-11-15-7-5-6-8-18(15)22/h5-10,13-14H,4,11-12H2,1-3H3,(H,21,23). The highest BCUT2D eigenvalue weighted by Crippen LogP contribution is 2.33. The Morgan fingerprint density at radius 3 is 2.70 bits per heavy atom. The molecule has 1 unspecified atom stereocenters. The smallest absolute Gasteiger partial charge is 0.264 e. The van der Waals surface area contributed by atoms with E-state index in [1.54, 1.807) is 6.07 Å². The number of carbonyl (C=O) groups is 1. The zero-order chi connectivity index (χ0) is 19.6. The second-order valence-corrected chi connectivity index (χ2v) is 8.46. The van der Waals surface area contributed by atoms with Gasteiger partial charge in [0.2, 0.25) is 0 Å². The molecule has 144 valence electrons. The molecule has 0 saturated carbocycles. The Kier molecular flexibility index (Phi) is 5.41. The fourth-order valence-corrected chi connectivity index (χ4v) is 4.64. The molecule has 27 heavy (non-hydrogen) atoms. The van der Waals surface area contributed by atoms with Gasteiger partial charge in [-0.3, -0.25) is 9.10 Å². The van der Waals surface area contributed by atoms with Crippen LogP contribution in [0.15, 0.2) is 47.4 Å². The van der Waals surface area contributed by atoms with E-state index in [9.17, 15) is 13.2 Å². The summed E-state index contributed by atoms with van der Waals surface area (Å²) in [7, 11) is -2.31. The molecule has 2 aromatic carbocycles. The maximum Gasteiger partial charge on any atom is 0.264 e. The van der Waals surface area contributed by atoms with Crippen LogP contribution in [0.2, 0.25) is 0 Å². The molecule has 3 rings (SSSR count). The van der Waals surface area contributed by atoms with Crippen LogP contribution in [0.4, 0.5) is 5.69 Å². The summed E-state index contributed by atoms with van der Waals surface area (Å²) in [4.78, 5) is 12.7. The number of ether oxygens (including phenoxy) is 1. The highest BCUT2D eigenvalue weighted by atomic mass is 32.2. The number of hydrogen-bond donors (Lipinski definition) is 1. The quantitative estimate of drug-likeness (QED) is 0.825. The number of carbonyl (C=O) groups excluding carboxylic acids is 1. The predicted molar refractivity (Wildman–Crippen MR) is 105 cm³/mol. The molecule has 0 saturated heterocycles. The number of anilines is 1. The van der Waals surface area contributed by atoms with E-state index in [1.165, 1.54) is 29.6 Å². The molecule has 0 radical (unpaired) electrons. The molecule has 0 aromatic heterocycles. The molecule has 7 heteroatoms. The van der Waals surface area contributed by atoms with Gasteiger partial charge >= 0.3 is 0 Å². The monoisotopic (exact) mass is 388 g/mol. The van der Waals surface area contributed by atoms with Crippen molar-refractivity contribution in [1.82, 2.24) is 5.32 Å². The summed E-state index contributed by atoms with van der Waals surface area (Å²) < 4.78 is 33.1. The fourth-order valence-electron chi connectivity index (χ4n) is 3.11. The molecule has 1 amide bonds. The van der Waals surface area contributed by atoms with Crippen molar-refractivity contribution >= 4 is 21.6 Å². The van der Waals surface area contributed by atoms with Crippen molar-refractivity contribution in [1.29, 1.82) is 0 Å². The molecule has 2 aromatic rings.